The number of carbonyl (C=O) groups excluding carboxylic acids is 2. The van der Waals surface area contributed by atoms with Gasteiger partial charge in [-0.05, 0) is 54.9 Å². The third-order valence-electron chi connectivity index (χ3n) is 2.56. The third-order valence-corrected chi connectivity index (χ3v) is 2.77. The van der Waals surface area contributed by atoms with E-state index in [1.807, 2.05) is 0 Å². The molecule has 1 aromatic heterocycles. The van der Waals surface area contributed by atoms with Crippen molar-refractivity contribution in [1.82, 2.24) is 4.98 Å². The fraction of sp³-hybridized carbons (Fsp3) is 0.133. The van der Waals surface area contributed by atoms with Crippen molar-refractivity contribution in [2.24, 2.45) is 0 Å². The van der Waals surface area contributed by atoms with Crippen LogP contribution in [0.4, 0.5) is 0 Å². The van der Waals surface area contributed by atoms with E-state index in [4.69, 9.17) is 21.1 Å². The number of ether oxygens (including phenoxy) is 2. The Labute approximate surface area is 126 Å². The summed E-state index contributed by atoms with van der Waals surface area (Å²) in [5.74, 6) is 0.140. The number of rotatable bonds is 5. The first kappa shape index (κ1) is 15.0. The fourth-order valence-corrected chi connectivity index (χ4v) is 1.75. The molecule has 6 heteroatoms. The van der Waals surface area contributed by atoms with Gasteiger partial charge in [0.1, 0.15) is 5.75 Å². The molecule has 0 atom stereocenters. The zero-order valence-electron chi connectivity index (χ0n) is 11.2. The zero-order chi connectivity index (χ0) is 15.2. The lowest BCUT2D eigenvalue weighted by Gasteiger charge is -2.08. The van der Waals surface area contributed by atoms with Crippen molar-refractivity contribution in [2.45, 2.75) is 6.92 Å². The van der Waals surface area contributed by atoms with E-state index in [1.54, 1.807) is 37.3 Å². The van der Waals surface area contributed by atoms with Gasteiger partial charge in [0.05, 0.1) is 17.7 Å². The average Bonchev–Trinajstić information content (AvgIpc) is 2.48. The first-order chi connectivity index (χ1) is 10.1. The molecule has 2 aromatic rings. The predicted octanol–water partition coefficient (Wildman–Crippen LogP) is 3.43. The summed E-state index contributed by atoms with van der Waals surface area (Å²) in [6, 6.07) is 9.42. The van der Waals surface area contributed by atoms with Gasteiger partial charge in [-0.1, -0.05) is 0 Å². The molecule has 0 spiro atoms. The lowest BCUT2D eigenvalue weighted by molar-refractivity contribution is 0.0526. The summed E-state index contributed by atoms with van der Waals surface area (Å²) in [6.07, 6.45) is 1.49. The van der Waals surface area contributed by atoms with Gasteiger partial charge in [-0.2, -0.15) is 0 Å². The number of nitrogens with zero attached hydrogens (tertiary/aromatic N) is 1. The minimum absolute atomic E-state index is 0.112. The molecule has 2 rings (SSSR count). The molecule has 0 bridgehead atoms. The van der Waals surface area contributed by atoms with Gasteiger partial charge in [0.2, 0.25) is 5.88 Å². The quantitative estimate of drug-likeness (QED) is 0.625. The molecular weight excluding hydrogens is 294 g/mol. The van der Waals surface area contributed by atoms with Crippen LogP contribution < -0.4 is 4.74 Å². The van der Waals surface area contributed by atoms with Crippen LogP contribution in [0.5, 0.6) is 11.6 Å². The molecule has 0 aliphatic heterocycles. The van der Waals surface area contributed by atoms with Crippen molar-refractivity contribution in [3.8, 4) is 11.6 Å². The second kappa shape index (κ2) is 6.85. The van der Waals surface area contributed by atoms with Gasteiger partial charge >= 0.3 is 5.97 Å². The highest BCUT2D eigenvalue weighted by Crippen LogP contribution is 2.24. The number of hydrogen-bond acceptors (Lipinski definition) is 5. The summed E-state index contributed by atoms with van der Waals surface area (Å²) in [7, 11) is 0. The van der Waals surface area contributed by atoms with Crippen molar-refractivity contribution in [2.75, 3.05) is 6.61 Å². The van der Waals surface area contributed by atoms with Crippen molar-refractivity contribution < 1.29 is 19.1 Å². The van der Waals surface area contributed by atoms with Gasteiger partial charge in [-0.3, -0.25) is 4.79 Å². The summed E-state index contributed by atoms with van der Waals surface area (Å²) in [6.45, 7) is 2.05. The highest BCUT2D eigenvalue weighted by molar-refractivity contribution is 6.68. The lowest BCUT2D eigenvalue weighted by atomic mass is 10.2. The molecule has 108 valence electrons. The van der Waals surface area contributed by atoms with Crippen molar-refractivity contribution >= 4 is 22.8 Å². The normalized spacial score (nSPS) is 10.0. The van der Waals surface area contributed by atoms with Crippen LogP contribution in [0.3, 0.4) is 0 Å². The van der Waals surface area contributed by atoms with Crippen LogP contribution in [0.1, 0.15) is 27.6 Å². The molecular formula is C15H12ClNO4. The number of hydrogen-bond donors (Lipinski definition) is 0. The summed E-state index contributed by atoms with van der Waals surface area (Å²) in [5, 5.41) is -0.652. The molecule has 0 unspecified atom stereocenters. The van der Waals surface area contributed by atoms with Crippen LogP contribution in [0, 0.1) is 0 Å². The van der Waals surface area contributed by atoms with Gasteiger partial charge in [0.15, 0.2) is 0 Å². The molecule has 21 heavy (non-hydrogen) atoms. The Morgan fingerprint density at radius 2 is 1.90 bits per heavy atom. The molecule has 0 radical (unpaired) electrons. The Balaban J connectivity index is 2.18. The van der Waals surface area contributed by atoms with E-state index in [2.05, 4.69) is 4.98 Å². The number of benzene rings is 1. The monoisotopic (exact) mass is 305 g/mol. The molecule has 0 amide bonds. The zero-order valence-corrected chi connectivity index (χ0v) is 12.0. The number of pyridine rings is 1. The van der Waals surface area contributed by atoms with E-state index >= 15 is 0 Å². The molecule has 0 fully saturated rings. The van der Waals surface area contributed by atoms with Crippen molar-refractivity contribution in [3.05, 3.63) is 53.7 Å². The summed E-state index contributed by atoms with van der Waals surface area (Å²) < 4.78 is 10.4. The maximum Gasteiger partial charge on any atom is 0.338 e. The third kappa shape index (κ3) is 3.79. The van der Waals surface area contributed by atoms with Crippen LogP contribution in [-0.4, -0.2) is 22.8 Å². The SMILES string of the molecule is CCOC(=O)c1ccc(Oc2ncccc2C(=O)Cl)cc1. The number of esters is 1. The van der Waals surface area contributed by atoms with E-state index in [0.29, 0.717) is 17.9 Å². The second-order valence-electron chi connectivity index (χ2n) is 3.98. The van der Waals surface area contributed by atoms with E-state index in [0.717, 1.165) is 0 Å². The molecule has 0 aliphatic rings. The first-order valence-corrected chi connectivity index (χ1v) is 6.59. The summed E-state index contributed by atoms with van der Waals surface area (Å²) in [5.41, 5.74) is 0.590. The Hall–Kier alpha value is -2.40. The molecule has 1 heterocycles. The minimum atomic E-state index is -0.652. The van der Waals surface area contributed by atoms with Gasteiger partial charge < -0.3 is 9.47 Å². The summed E-state index contributed by atoms with van der Waals surface area (Å²) >= 11 is 5.46. The highest BCUT2D eigenvalue weighted by Gasteiger charge is 2.12. The molecule has 5 nitrogen and oxygen atoms in total. The molecule has 1 aromatic carbocycles. The van der Waals surface area contributed by atoms with Crippen LogP contribution in [-0.2, 0) is 4.74 Å². The number of carbonyl (C=O) groups is 2. The van der Waals surface area contributed by atoms with Gasteiger partial charge in [0, 0.05) is 6.20 Å². The van der Waals surface area contributed by atoms with Crippen molar-refractivity contribution in [3.63, 3.8) is 0 Å². The highest BCUT2D eigenvalue weighted by atomic mass is 35.5. The predicted molar refractivity (Wildman–Crippen MR) is 76.9 cm³/mol. The molecule has 0 saturated carbocycles. The first-order valence-electron chi connectivity index (χ1n) is 6.21. The Bertz CT molecular complexity index is 655. The summed E-state index contributed by atoms with van der Waals surface area (Å²) in [4.78, 5) is 26.7. The van der Waals surface area contributed by atoms with Crippen LogP contribution in [0.2, 0.25) is 0 Å². The Kier molecular flexibility index (Phi) is 4.90. The Morgan fingerprint density at radius 1 is 1.19 bits per heavy atom. The van der Waals surface area contributed by atoms with Gasteiger partial charge in [-0.25, -0.2) is 9.78 Å². The Morgan fingerprint density at radius 3 is 2.52 bits per heavy atom. The topological polar surface area (TPSA) is 65.5 Å². The smallest absolute Gasteiger partial charge is 0.338 e. The van der Waals surface area contributed by atoms with Gasteiger partial charge in [0.25, 0.3) is 5.24 Å². The van der Waals surface area contributed by atoms with Crippen molar-refractivity contribution in [1.29, 1.82) is 0 Å². The fourth-order valence-electron chi connectivity index (χ4n) is 1.61. The largest absolute Gasteiger partial charge is 0.462 e. The van der Waals surface area contributed by atoms with E-state index in [-0.39, 0.29) is 11.4 Å². The maximum atomic E-state index is 11.5. The average molecular weight is 306 g/mol. The van der Waals surface area contributed by atoms with Crippen LogP contribution >= 0.6 is 11.6 Å². The molecule has 0 N–H and O–H groups in total. The van der Waals surface area contributed by atoms with E-state index in [1.165, 1.54) is 12.3 Å². The lowest BCUT2D eigenvalue weighted by Crippen LogP contribution is -2.04. The van der Waals surface area contributed by atoms with Gasteiger partial charge in [-0.15, -0.1) is 0 Å². The van der Waals surface area contributed by atoms with E-state index in [9.17, 15) is 9.59 Å². The number of halogens is 1. The minimum Gasteiger partial charge on any atom is -0.462 e. The molecule has 0 saturated heterocycles. The van der Waals surface area contributed by atoms with Crippen LogP contribution in [0.15, 0.2) is 42.6 Å². The number of aromatic nitrogens is 1. The second-order valence-corrected chi connectivity index (χ2v) is 4.32. The maximum absolute atomic E-state index is 11.5. The standard InChI is InChI=1S/C15H12ClNO4/c1-2-20-15(19)10-5-7-11(8-6-10)21-14-12(13(16)18)4-3-9-17-14/h3-9H,2H2,1H3. The van der Waals surface area contributed by atoms with Crippen LogP contribution in [0.25, 0.3) is 0 Å². The molecule has 0 aliphatic carbocycles. The van der Waals surface area contributed by atoms with E-state index < -0.39 is 11.2 Å².